The average Bonchev–Trinajstić information content (AvgIpc) is 3.38. The van der Waals surface area contributed by atoms with Gasteiger partial charge in [-0.25, -0.2) is 4.98 Å². The van der Waals surface area contributed by atoms with Gasteiger partial charge in [-0.3, -0.25) is 14.5 Å². The number of ketones is 1. The monoisotopic (exact) mass is 482 g/mol. The molecule has 1 saturated heterocycles. The van der Waals surface area contributed by atoms with Gasteiger partial charge in [0.15, 0.2) is 5.13 Å². The summed E-state index contributed by atoms with van der Waals surface area (Å²) in [6, 6.07) is 18.7. The first-order valence-corrected chi connectivity index (χ1v) is 12.4. The standard InChI is InChI=1S/C29H26N2O3S/c1-5-19-9-11-20(12-10-19)25-24(26(32)21-14-16(2)6-8-18(21)4)27(33)28(34)31(25)29-30-22-13-7-17(3)15-23(22)35-29/h6-15,25,32H,5H2,1-4H3. The van der Waals surface area contributed by atoms with E-state index in [-0.39, 0.29) is 11.3 Å². The second-order valence-electron chi connectivity index (χ2n) is 9.05. The van der Waals surface area contributed by atoms with Gasteiger partial charge in [-0.2, -0.15) is 0 Å². The maximum Gasteiger partial charge on any atom is 0.301 e. The molecule has 1 aliphatic heterocycles. The largest absolute Gasteiger partial charge is 0.507 e. The molecule has 1 aliphatic rings. The Bertz CT molecular complexity index is 1510. The molecule has 6 heteroatoms. The predicted molar refractivity (Wildman–Crippen MR) is 141 cm³/mol. The SMILES string of the molecule is CCc1ccc(C2C(=C(O)c3cc(C)ccc3C)C(=O)C(=O)N2c2nc3ccc(C)cc3s2)cc1. The van der Waals surface area contributed by atoms with Crippen molar-refractivity contribution in [2.24, 2.45) is 0 Å². The summed E-state index contributed by atoms with van der Waals surface area (Å²) >= 11 is 1.37. The Hall–Kier alpha value is -3.77. The summed E-state index contributed by atoms with van der Waals surface area (Å²) in [7, 11) is 0. The number of rotatable bonds is 4. The van der Waals surface area contributed by atoms with Gasteiger partial charge in [0.2, 0.25) is 0 Å². The van der Waals surface area contributed by atoms with Gasteiger partial charge in [-0.15, -0.1) is 0 Å². The van der Waals surface area contributed by atoms with Crippen LogP contribution < -0.4 is 4.90 Å². The maximum absolute atomic E-state index is 13.5. The lowest BCUT2D eigenvalue weighted by Crippen LogP contribution is -2.29. The number of aryl methyl sites for hydroxylation is 4. The molecule has 2 heterocycles. The predicted octanol–water partition coefficient (Wildman–Crippen LogP) is 6.41. The normalized spacial score (nSPS) is 17.5. The number of hydrogen-bond acceptors (Lipinski definition) is 5. The summed E-state index contributed by atoms with van der Waals surface area (Å²) in [5.41, 5.74) is 6.19. The molecule has 1 amide bonds. The lowest BCUT2D eigenvalue weighted by Gasteiger charge is -2.23. The number of aromatic nitrogens is 1. The van der Waals surface area contributed by atoms with Crippen molar-refractivity contribution < 1.29 is 14.7 Å². The van der Waals surface area contributed by atoms with Crippen LogP contribution in [0.15, 0.2) is 66.2 Å². The van der Waals surface area contributed by atoms with Crippen LogP contribution in [0, 0.1) is 20.8 Å². The van der Waals surface area contributed by atoms with Crippen LogP contribution in [-0.2, 0) is 16.0 Å². The highest BCUT2D eigenvalue weighted by Crippen LogP contribution is 2.44. The molecule has 0 radical (unpaired) electrons. The van der Waals surface area contributed by atoms with Crippen LogP contribution in [0.25, 0.3) is 16.0 Å². The quantitative estimate of drug-likeness (QED) is 0.207. The van der Waals surface area contributed by atoms with Crippen LogP contribution in [-0.4, -0.2) is 21.8 Å². The van der Waals surface area contributed by atoms with E-state index in [1.54, 1.807) is 0 Å². The molecule has 0 saturated carbocycles. The van der Waals surface area contributed by atoms with Crippen LogP contribution in [0.3, 0.4) is 0 Å². The minimum Gasteiger partial charge on any atom is -0.507 e. The molecule has 1 fully saturated rings. The highest BCUT2D eigenvalue weighted by atomic mass is 32.1. The van der Waals surface area contributed by atoms with E-state index >= 15 is 0 Å². The molecule has 1 N–H and O–H groups in total. The highest BCUT2D eigenvalue weighted by Gasteiger charge is 2.48. The van der Waals surface area contributed by atoms with Crippen molar-refractivity contribution in [1.82, 2.24) is 4.98 Å². The van der Waals surface area contributed by atoms with Gasteiger partial charge in [0.25, 0.3) is 5.78 Å². The van der Waals surface area contributed by atoms with E-state index in [2.05, 4.69) is 6.92 Å². The number of benzene rings is 3. The number of aliphatic hydroxyl groups is 1. The molecular formula is C29H26N2O3S. The summed E-state index contributed by atoms with van der Waals surface area (Å²) in [5.74, 6) is -1.55. The minimum absolute atomic E-state index is 0.0865. The Morgan fingerprint density at radius 1 is 0.971 bits per heavy atom. The fourth-order valence-electron chi connectivity index (χ4n) is 4.54. The average molecular weight is 483 g/mol. The number of aliphatic hydroxyl groups excluding tert-OH is 1. The number of carbonyl (C=O) groups excluding carboxylic acids is 2. The van der Waals surface area contributed by atoms with Crippen molar-refractivity contribution in [1.29, 1.82) is 0 Å². The molecule has 5 nitrogen and oxygen atoms in total. The van der Waals surface area contributed by atoms with E-state index in [0.29, 0.717) is 10.7 Å². The first-order valence-electron chi connectivity index (χ1n) is 11.6. The van der Waals surface area contributed by atoms with E-state index < -0.39 is 17.7 Å². The Kier molecular flexibility index (Phi) is 5.77. The molecule has 1 unspecified atom stereocenters. The highest BCUT2D eigenvalue weighted by molar-refractivity contribution is 7.22. The molecule has 1 aromatic heterocycles. The zero-order valence-corrected chi connectivity index (χ0v) is 20.9. The molecule has 0 aliphatic carbocycles. The first-order chi connectivity index (χ1) is 16.8. The van der Waals surface area contributed by atoms with E-state index in [1.165, 1.54) is 16.2 Å². The Balaban J connectivity index is 1.75. The maximum atomic E-state index is 13.5. The van der Waals surface area contributed by atoms with Crippen molar-refractivity contribution in [3.05, 3.63) is 99.6 Å². The molecular weight excluding hydrogens is 456 g/mol. The third-order valence-corrected chi connectivity index (χ3v) is 7.55. The second kappa shape index (κ2) is 8.78. The smallest absolute Gasteiger partial charge is 0.301 e. The zero-order valence-electron chi connectivity index (χ0n) is 20.1. The number of carbonyl (C=O) groups is 2. The number of Topliss-reactive ketones (excluding diaryl/α,β-unsaturated/α-hetero) is 1. The molecule has 5 rings (SSSR count). The number of amides is 1. The van der Waals surface area contributed by atoms with E-state index in [1.807, 2.05) is 81.4 Å². The van der Waals surface area contributed by atoms with Crippen LogP contribution in [0.5, 0.6) is 0 Å². The van der Waals surface area contributed by atoms with E-state index in [9.17, 15) is 14.7 Å². The number of hydrogen-bond donors (Lipinski definition) is 1. The number of nitrogens with zero attached hydrogens (tertiary/aromatic N) is 2. The summed E-state index contributed by atoms with van der Waals surface area (Å²) in [6.45, 7) is 7.89. The third-order valence-electron chi connectivity index (χ3n) is 6.54. The van der Waals surface area contributed by atoms with E-state index in [4.69, 9.17) is 4.98 Å². The van der Waals surface area contributed by atoms with E-state index in [0.717, 1.165) is 44.5 Å². The van der Waals surface area contributed by atoms with Crippen molar-refractivity contribution in [3.63, 3.8) is 0 Å². The number of fused-ring (bicyclic) bond motifs is 1. The minimum atomic E-state index is -0.775. The molecule has 1 atom stereocenters. The van der Waals surface area contributed by atoms with Gasteiger partial charge in [-0.1, -0.05) is 66.3 Å². The lowest BCUT2D eigenvalue weighted by molar-refractivity contribution is -0.132. The van der Waals surface area contributed by atoms with Gasteiger partial charge < -0.3 is 5.11 Å². The first kappa shape index (κ1) is 23.0. The van der Waals surface area contributed by atoms with Crippen LogP contribution in [0.4, 0.5) is 5.13 Å². The van der Waals surface area contributed by atoms with Crippen molar-refractivity contribution in [2.45, 2.75) is 40.2 Å². The lowest BCUT2D eigenvalue weighted by atomic mass is 9.93. The topological polar surface area (TPSA) is 70.5 Å². The van der Waals surface area contributed by atoms with Crippen molar-refractivity contribution in [2.75, 3.05) is 4.90 Å². The van der Waals surface area contributed by atoms with Gasteiger partial charge in [0.1, 0.15) is 5.76 Å². The Morgan fingerprint density at radius 2 is 1.66 bits per heavy atom. The molecule has 4 aromatic rings. The van der Waals surface area contributed by atoms with Gasteiger partial charge in [0.05, 0.1) is 21.8 Å². The molecule has 0 spiro atoms. The van der Waals surface area contributed by atoms with Gasteiger partial charge in [-0.05, 0) is 67.6 Å². The van der Waals surface area contributed by atoms with Crippen molar-refractivity contribution >= 4 is 44.1 Å². The number of anilines is 1. The van der Waals surface area contributed by atoms with Crippen LogP contribution in [0.1, 0.15) is 46.3 Å². The van der Waals surface area contributed by atoms with Gasteiger partial charge >= 0.3 is 5.91 Å². The summed E-state index contributed by atoms with van der Waals surface area (Å²) in [5, 5.41) is 11.9. The Morgan fingerprint density at radius 3 is 2.37 bits per heavy atom. The fourth-order valence-corrected chi connectivity index (χ4v) is 5.63. The van der Waals surface area contributed by atoms with Gasteiger partial charge in [0, 0.05) is 5.56 Å². The second-order valence-corrected chi connectivity index (χ2v) is 10.1. The third kappa shape index (κ3) is 3.94. The summed E-state index contributed by atoms with van der Waals surface area (Å²) < 4.78 is 0.941. The van der Waals surface area contributed by atoms with Crippen molar-refractivity contribution in [3.8, 4) is 0 Å². The molecule has 3 aromatic carbocycles. The fraction of sp³-hybridized carbons (Fsp3) is 0.207. The zero-order chi connectivity index (χ0) is 24.9. The van der Waals surface area contributed by atoms with Crippen LogP contribution >= 0.6 is 11.3 Å². The molecule has 176 valence electrons. The Labute approximate surface area is 208 Å². The number of thiazole rings is 1. The molecule has 0 bridgehead atoms. The summed E-state index contributed by atoms with van der Waals surface area (Å²) in [4.78, 5) is 33.0. The van der Waals surface area contributed by atoms with Crippen LogP contribution in [0.2, 0.25) is 0 Å². The summed E-state index contributed by atoms with van der Waals surface area (Å²) in [6.07, 6.45) is 0.875. The molecule has 35 heavy (non-hydrogen) atoms.